The lowest BCUT2D eigenvalue weighted by Crippen LogP contribution is -2.47. The average molecular weight is 429 g/mol. The minimum Gasteiger partial charge on any atom is -0.373 e. The standard InChI is InChI=1S/C22H24N2O5S/c1-14-12-24(13-15(2)29-14)10-9-23-22(26)16-7-8-18-20(11-16)30(27,28)19-6-4-3-5-17(19)21(18)25/h3-8,11,14-15H,9-10,12-13H2,1-2H3,(H,23,26)/t14-,15-/m1/s1. The van der Waals surface area contributed by atoms with Crippen LogP contribution in [0.1, 0.15) is 40.1 Å². The molecule has 1 N–H and O–H groups in total. The molecule has 0 radical (unpaired) electrons. The van der Waals surface area contributed by atoms with Gasteiger partial charge in [-0.25, -0.2) is 8.42 Å². The third kappa shape index (κ3) is 3.78. The number of carbonyl (C=O) groups is 2. The molecular formula is C22H24N2O5S. The summed E-state index contributed by atoms with van der Waals surface area (Å²) in [5, 5.41) is 2.84. The molecule has 1 fully saturated rings. The van der Waals surface area contributed by atoms with Crippen LogP contribution < -0.4 is 5.32 Å². The summed E-state index contributed by atoms with van der Waals surface area (Å²) >= 11 is 0. The number of carbonyl (C=O) groups excluding carboxylic acids is 2. The molecule has 2 aromatic rings. The summed E-state index contributed by atoms with van der Waals surface area (Å²) in [7, 11) is -3.86. The summed E-state index contributed by atoms with van der Waals surface area (Å²) in [6.07, 6.45) is 0.298. The molecule has 1 amide bonds. The van der Waals surface area contributed by atoms with Crippen LogP contribution in [0.15, 0.2) is 52.3 Å². The minimum atomic E-state index is -3.86. The molecule has 2 atom stereocenters. The van der Waals surface area contributed by atoms with Crippen molar-refractivity contribution in [2.24, 2.45) is 0 Å². The molecule has 0 unspecified atom stereocenters. The first-order chi connectivity index (χ1) is 14.3. The van der Waals surface area contributed by atoms with E-state index in [4.69, 9.17) is 4.74 Å². The number of nitrogens with zero attached hydrogens (tertiary/aromatic N) is 1. The fourth-order valence-electron chi connectivity index (χ4n) is 4.12. The van der Waals surface area contributed by atoms with Gasteiger partial charge in [-0.15, -0.1) is 0 Å². The van der Waals surface area contributed by atoms with Crippen molar-refractivity contribution in [1.82, 2.24) is 10.2 Å². The molecule has 1 saturated heterocycles. The van der Waals surface area contributed by atoms with Crippen LogP contribution in [-0.4, -0.2) is 63.4 Å². The number of rotatable bonds is 4. The first-order valence-corrected chi connectivity index (χ1v) is 11.4. The summed E-state index contributed by atoms with van der Waals surface area (Å²) in [5.74, 6) is -0.716. The Morgan fingerprint density at radius 2 is 1.73 bits per heavy atom. The van der Waals surface area contributed by atoms with Crippen LogP contribution in [0.4, 0.5) is 0 Å². The van der Waals surface area contributed by atoms with Gasteiger partial charge in [0.05, 0.1) is 22.0 Å². The zero-order valence-electron chi connectivity index (χ0n) is 16.9. The van der Waals surface area contributed by atoms with E-state index in [-0.39, 0.29) is 50.4 Å². The Bertz CT molecular complexity index is 1100. The van der Waals surface area contributed by atoms with E-state index in [9.17, 15) is 18.0 Å². The molecule has 0 spiro atoms. The third-order valence-electron chi connectivity index (χ3n) is 5.41. The van der Waals surface area contributed by atoms with Gasteiger partial charge in [-0.05, 0) is 44.2 Å². The van der Waals surface area contributed by atoms with E-state index >= 15 is 0 Å². The second kappa shape index (κ2) is 7.94. The molecule has 30 heavy (non-hydrogen) atoms. The quantitative estimate of drug-likeness (QED) is 0.682. The highest BCUT2D eigenvalue weighted by Gasteiger charge is 2.35. The molecule has 7 nitrogen and oxygen atoms in total. The van der Waals surface area contributed by atoms with Gasteiger partial charge in [0.15, 0.2) is 5.78 Å². The van der Waals surface area contributed by atoms with Crippen molar-refractivity contribution < 1.29 is 22.7 Å². The number of benzene rings is 2. The molecule has 2 aliphatic heterocycles. The van der Waals surface area contributed by atoms with Crippen molar-refractivity contribution >= 4 is 21.5 Å². The van der Waals surface area contributed by atoms with Gasteiger partial charge in [-0.3, -0.25) is 14.5 Å². The fraction of sp³-hybridized carbons (Fsp3) is 0.364. The van der Waals surface area contributed by atoms with Crippen LogP contribution in [0.3, 0.4) is 0 Å². The maximum absolute atomic E-state index is 13.0. The molecule has 8 heteroatoms. The summed E-state index contributed by atoms with van der Waals surface area (Å²) in [6, 6.07) is 10.4. The van der Waals surface area contributed by atoms with E-state index < -0.39 is 9.84 Å². The second-order valence-electron chi connectivity index (χ2n) is 7.81. The Morgan fingerprint density at radius 1 is 1.07 bits per heavy atom. The lowest BCUT2D eigenvalue weighted by Gasteiger charge is -2.35. The largest absolute Gasteiger partial charge is 0.373 e. The Labute approximate surface area is 175 Å². The van der Waals surface area contributed by atoms with Crippen molar-refractivity contribution in [3.8, 4) is 0 Å². The fourth-order valence-corrected chi connectivity index (χ4v) is 5.80. The average Bonchev–Trinajstić information content (AvgIpc) is 2.71. The number of morpholine rings is 1. The van der Waals surface area contributed by atoms with E-state index in [1.165, 1.54) is 30.3 Å². The number of nitrogens with one attached hydrogen (secondary N) is 1. The highest BCUT2D eigenvalue weighted by Crippen LogP contribution is 2.34. The minimum absolute atomic E-state index is 0.0179. The first kappa shape index (κ1) is 20.7. The van der Waals surface area contributed by atoms with Crippen molar-refractivity contribution in [2.45, 2.75) is 35.8 Å². The van der Waals surface area contributed by atoms with Crippen LogP contribution in [0.5, 0.6) is 0 Å². The Kier molecular flexibility index (Phi) is 5.48. The van der Waals surface area contributed by atoms with Crippen LogP contribution in [0, 0.1) is 0 Å². The normalized spacial score (nSPS) is 22.8. The van der Waals surface area contributed by atoms with Crippen molar-refractivity contribution in [3.05, 3.63) is 59.2 Å². The van der Waals surface area contributed by atoms with Gasteiger partial charge < -0.3 is 10.1 Å². The van der Waals surface area contributed by atoms with Gasteiger partial charge in [0.2, 0.25) is 9.84 Å². The molecule has 2 heterocycles. The summed E-state index contributed by atoms with van der Waals surface area (Å²) in [6.45, 7) is 6.77. The maximum atomic E-state index is 13.0. The highest BCUT2D eigenvalue weighted by molar-refractivity contribution is 7.91. The van der Waals surface area contributed by atoms with Gasteiger partial charge in [-0.2, -0.15) is 0 Å². The van der Waals surface area contributed by atoms with Crippen LogP contribution >= 0.6 is 0 Å². The highest BCUT2D eigenvalue weighted by atomic mass is 32.2. The molecule has 2 aromatic carbocycles. The van der Waals surface area contributed by atoms with Crippen molar-refractivity contribution in [1.29, 1.82) is 0 Å². The monoisotopic (exact) mass is 428 g/mol. The molecule has 0 saturated carbocycles. The summed E-state index contributed by atoms with van der Waals surface area (Å²) in [5.41, 5.74) is 0.478. The van der Waals surface area contributed by atoms with E-state index in [2.05, 4.69) is 10.2 Å². The molecule has 158 valence electrons. The Balaban J connectivity index is 1.50. The van der Waals surface area contributed by atoms with E-state index in [0.717, 1.165) is 13.1 Å². The number of hydrogen-bond donors (Lipinski definition) is 1. The predicted molar refractivity (Wildman–Crippen MR) is 111 cm³/mol. The van der Waals surface area contributed by atoms with Crippen molar-refractivity contribution in [2.75, 3.05) is 26.2 Å². The third-order valence-corrected chi connectivity index (χ3v) is 7.26. The van der Waals surface area contributed by atoms with Gasteiger partial charge in [0.25, 0.3) is 5.91 Å². The summed E-state index contributed by atoms with van der Waals surface area (Å²) < 4.78 is 31.7. The van der Waals surface area contributed by atoms with Gasteiger partial charge in [-0.1, -0.05) is 12.1 Å². The number of ketones is 1. The van der Waals surface area contributed by atoms with Gasteiger partial charge in [0, 0.05) is 42.9 Å². The van der Waals surface area contributed by atoms with Crippen LogP contribution in [0.25, 0.3) is 0 Å². The molecule has 0 aliphatic carbocycles. The molecular weight excluding hydrogens is 404 g/mol. The molecule has 4 rings (SSSR count). The summed E-state index contributed by atoms with van der Waals surface area (Å²) in [4.78, 5) is 27.4. The maximum Gasteiger partial charge on any atom is 0.251 e. The Morgan fingerprint density at radius 3 is 2.47 bits per heavy atom. The lowest BCUT2D eigenvalue weighted by molar-refractivity contribution is -0.0672. The van der Waals surface area contributed by atoms with E-state index in [1.807, 2.05) is 13.8 Å². The second-order valence-corrected chi connectivity index (χ2v) is 9.70. The van der Waals surface area contributed by atoms with E-state index in [0.29, 0.717) is 13.1 Å². The number of ether oxygens (including phenoxy) is 1. The molecule has 0 bridgehead atoms. The van der Waals surface area contributed by atoms with Crippen LogP contribution in [-0.2, 0) is 14.6 Å². The predicted octanol–water partition coefficient (Wildman–Crippen LogP) is 1.90. The number of sulfone groups is 1. The Hall–Kier alpha value is -2.55. The van der Waals surface area contributed by atoms with Crippen LogP contribution in [0.2, 0.25) is 0 Å². The lowest BCUT2D eigenvalue weighted by atomic mass is 10.0. The molecule has 2 aliphatic rings. The SMILES string of the molecule is C[C@@H]1CN(CCNC(=O)c2ccc3c(c2)S(=O)(=O)c2ccccc2C3=O)C[C@@H](C)O1. The van der Waals surface area contributed by atoms with Gasteiger partial charge >= 0.3 is 0 Å². The zero-order valence-corrected chi connectivity index (χ0v) is 17.7. The van der Waals surface area contributed by atoms with Gasteiger partial charge in [0.1, 0.15) is 0 Å². The zero-order chi connectivity index (χ0) is 21.5. The smallest absolute Gasteiger partial charge is 0.251 e. The topological polar surface area (TPSA) is 92.8 Å². The van der Waals surface area contributed by atoms with Crippen molar-refractivity contribution in [3.63, 3.8) is 0 Å². The first-order valence-electron chi connectivity index (χ1n) is 9.96. The van der Waals surface area contributed by atoms with E-state index in [1.54, 1.807) is 12.1 Å². The molecule has 0 aromatic heterocycles. The number of amides is 1. The number of hydrogen-bond acceptors (Lipinski definition) is 6. The number of fused-ring (bicyclic) bond motifs is 2.